The summed E-state index contributed by atoms with van der Waals surface area (Å²) in [6, 6.07) is 5.85. The lowest BCUT2D eigenvalue weighted by Gasteiger charge is -2.23. The molecule has 25 heavy (non-hydrogen) atoms. The molecule has 1 aromatic carbocycles. The van der Waals surface area contributed by atoms with Crippen LogP contribution in [0.1, 0.15) is 30.7 Å². The van der Waals surface area contributed by atoms with Gasteiger partial charge in [-0.2, -0.15) is 11.8 Å². The number of hydrogen-bond donors (Lipinski definition) is 2. The molecule has 0 aliphatic carbocycles. The number of halogens is 1. The van der Waals surface area contributed by atoms with Crippen molar-refractivity contribution < 1.29 is 13.9 Å². The van der Waals surface area contributed by atoms with Crippen LogP contribution in [0.3, 0.4) is 0 Å². The fourth-order valence-corrected chi connectivity index (χ4v) is 4.05. The van der Waals surface area contributed by atoms with Crippen LogP contribution in [0.5, 0.6) is 5.75 Å². The molecule has 2 atom stereocenters. The molecule has 0 spiro atoms. The second-order valence-corrected chi connectivity index (χ2v) is 7.32. The van der Waals surface area contributed by atoms with E-state index in [0.29, 0.717) is 6.42 Å². The molecule has 0 bridgehead atoms. The van der Waals surface area contributed by atoms with Gasteiger partial charge < -0.3 is 19.8 Å². The Bertz CT molecular complexity index is 728. The number of rotatable bonds is 5. The zero-order chi connectivity index (χ0) is 17.1. The molecule has 2 N–H and O–H groups in total. The quantitative estimate of drug-likeness (QED) is 0.826. The molecule has 138 valence electrons. The highest BCUT2D eigenvalue weighted by Gasteiger charge is 2.21. The predicted octanol–water partition coefficient (Wildman–Crippen LogP) is 3.44. The second kappa shape index (κ2) is 8.83. The standard InChI is InChI=1S/C18H24N2O3S.ClH/c1-11-15-9-14(22-3)4-5-16(15)23-18(11)12(2)20-17(21)8-13-10-24-7-6-19-13;/h4-5,9,12-13,19H,6-8,10H2,1-3H3,(H,20,21);1H. The van der Waals surface area contributed by atoms with Crippen LogP contribution in [0.15, 0.2) is 22.6 Å². The number of fused-ring (bicyclic) bond motifs is 1. The number of nitrogens with one attached hydrogen (secondary N) is 2. The first-order valence-electron chi connectivity index (χ1n) is 8.26. The van der Waals surface area contributed by atoms with Crippen molar-refractivity contribution in [2.24, 2.45) is 0 Å². The Labute approximate surface area is 158 Å². The minimum atomic E-state index is -0.160. The molecule has 2 unspecified atom stereocenters. The first kappa shape index (κ1) is 19.9. The van der Waals surface area contributed by atoms with Crippen molar-refractivity contribution in [2.45, 2.75) is 32.4 Å². The van der Waals surface area contributed by atoms with Crippen molar-refractivity contribution in [1.82, 2.24) is 10.6 Å². The zero-order valence-corrected chi connectivity index (χ0v) is 16.4. The number of thioether (sulfide) groups is 1. The van der Waals surface area contributed by atoms with E-state index in [1.54, 1.807) is 7.11 Å². The van der Waals surface area contributed by atoms with Gasteiger partial charge in [-0.25, -0.2) is 0 Å². The second-order valence-electron chi connectivity index (χ2n) is 6.17. The maximum absolute atomic E-state index is 12.3. The molecule has 2 heterocycles. The van der Waals surface area contributed by atoms with E-state index in [0.717, 1.165) is 46.1 Å². The van der Waals surface area contributed by atoms with Crippen LogP contribution < -0.4 is 15.4 Å². The van der Waals surface area contributed by atoms with E-state index < -0.39 is 0 Å². The number of aryl methyl sites for hydroxylation is 1. The van der Waals surface area contributed by atoms with Crippen LogP contribution in [-0.4, -0.2) is 37.1 Å². The zero-order valence-electron chi connectivity index (χ0n) is 14.8. The van der Waals surface area contributed by atoms with Gasteiger partial charge in [0.15, 0.2) is 0 Å². The molecule has 1 aliphatic heterocycles. The molecule has 1 aromatic heterocycles. The third-order valence-corrected chi connectivity index (χ3v) is 5.51. The van der Waals surface area contributed by atoms with E-state index in [1.807, 2.05) is 43.8 Å². The van der Waals surface area contributed by atoms with E-state index >= 15 is 0 Å². The van der Waals surface area contributed by atoms with Crippen LogP contribution >= 0.6 is 24.2 Å². The summed E-state index contributed by atoms with van der Waals surface area (Å²) in [5.74, 6) is 3.77. The molecule has 1 amide bonds. The smallest absolute Gasteiger partial charge is 0.222 e. The third-order valence-electron chi connectivity index (χ3n) is 4.38. The Morgan fingerprint density at radius 3 is 3.00 bits per heavy atom. The van der Waals surface area contributed by atoms with Crippen molar-refractivity contribution in [3.05, 3.63) is 29.5 Å². The molecule has 0 saturated carbocycles. The number of ether oxygens (including phenoxy) is 1. The van der Waals surface area contributed by atoms with Crippen molar-refractivity contribution >= 4 is 41.0 Å². The van der Waals surface area contributed by atoms with E-state index in [2.05, 4.69) is 10.6 Å². The van der Waals surface area contributed by atoms with Gasteiger partial charge in [-0.05, 0) is 32.0 Å². The minimum Gasteiger partial charge on any atom is -0.497 e. The highest BCUT2D eigenvalue weighted by atomic mass is 35.5. The van der Waals surface area contributed by atoms with Gasteiger partial charge in [-0.3, -0.25) is 4.79 Å². The average molecular weight is 385 g/mol. The van der Waals surface area contributed by atoms with Crippen LogP contribution in [-0.2, 0) is 4.79 Å². The van der Waals surface area contributed by atoms with Crippen LogP contribution in [0, 0.1) is 6.92 Å². The number of furan rings is 1. The molecule has 5 nitrogen and oxygen atoms in total. The van der Waals surface area contributed by atoms with Gasteiger partial charge in [0, 0.05) is 41.5 Å². The Morgan fingerprint density at radius 1 is 1.52 bits per heavy atom. The topological polar surface area (TPSA) is 63.5 Å². The lowest BCUT2D eigenvalue weighted by molar-refractivity contribution is -0.122. The Balaban J connectivity index is 0.00000225. The van der Waals surface area contributed by atoms with E-state index in [-0.39, 0.29) is 30.4 Å². The summed E-state index contributed by atoms with van der Waals surface area (Å²) in [5, 5.41) is 7.47. The fourth-order valence-electron chi connectivity index (χ4n) is 3.10. The van der Waals surface area contributed by atoms with Crippen LogP contribution in [0.2, 0.25) is 0 Å². The highest BCUT2D eigenvalue weighted by Crippen LogP contribution is 2.31. The van der Waals surface area contributed by atoms with E-state index in [4.69, 9.17) is 9.15 Å². The number of amides is 1. The van der Waals surface area contributed by atoms with Crippen molar-refractivity contribution in [3.8, 4) is 5.75 Å². The SMILES string of the molecule is COc1ccc2oc(C(C)NC(=O)CC3CSCCN3)c(C)c2c1.Cl. The molecular formula is C18H25ClN2O3S. The summed E-state index contributed by atoms with van der Waals surface area (Å²) in [7, 11) is 1.65. The van der Waals surface area contributed by atoms with Gasteiger partial charge in [-0.1, -0.05) is 0 Å². The predicted molar refractivity (Wildman–Crippen MR) is 105 cm³/mol. The highest BCUT2D eigenvalue weighted by molar-refractivity contribution is 7.99. The molecule has 2 aromatic rings. The summed E-state index contributed by atoms with van der Waals surface area (Å²) in [5.41, 5.74) is 1.86. The van der Waals surface area contributed by atoms with E-state index in [1.165, 1.54) is 0 Å². The Morgan fingerprint density at radius 2 is 2.32 bits per heavy atom. The van der Waals surface area contributed by atoms with Gasteiger partial charge in [-0.15, -0.1) is 12.4 Å². The molecule has 1 aliphatic rings. The van der Waals surface area contributed by atoms with Crippen molar-refractivity contribution in [3.63, 3.8) is 0 Å². The van der Waals surface area contributed by atoms with E-state index in [9.17, 15) is 4.79 Å². The Hall–Kier alpha value is -1.37. The number of methoxy groups -OCH3 is 1. The largest absolute Gasteiger partial charge is 0.497 e. The molecular weight excluding hydrogens is 360 g/mol. The molecule has 0 radical (unpaired) electrons. The summed E-state index contributed by atoms with van der Waals surface area (Å²) >= 11 is 1.90. The monoisotopic (exact) mass is 384 g/mol. The fraction of sp³-hybridized carbons (Fsp3) is 0.500. The van der Waals surface area contributed by atoms with Crippen molar-refractivity contribution in [1.29, 1.82) is 0 Å². The van der Waals surface area contributed by atoms with Crippen LogP contribution in [0.25, 0.3) is 11.0 Å². The maximum Gasteiger partial charge on any atom is 0.222 e. The molecule has 1 fully saturated rings. The molecule has 1 saturated heterocycles. The number of carbonyl (C=O) groups is 1. The summed E-state index contributed by atoms with van der Waals surface area (Å²) in [6.07, 6.45) is 0.504. The van der Waals surface area contributed by atoms with Crippen molar-refractivity contribution in [2.75, 3.05) is 25.2 Å². The first-order chi connectivity index (χ1) is 11.6. The lowest BCUT2D eigenvalue weighted by atomic mass is 10.1. The minimum absolute atomic E-state index is 0. The molecule has 3 rings (SSSR count). The van der Waals surface area contributed by atoms with Gasteiger partial charge in [0.05, 0.1) is 13.2 Å². The summed E-state index contributed by atoms with van der Waals surface area (Å²) in [4.78, 5) is 12.3. The van der Waals surface area contributed by atoms with Gasteiger partial charge in [0.25, 0.3) is 0 Å². The lowest BCUT2D eigenvalue weighted by Crippen LogP contribution is -2.41. The first-order valence-corrected chi connectivity index (χ1v) is 9.41. The summed E-state index contributed by atoms with van der Waals surface area (Å²) < 4.78 is 11.2. The van der Waals surface area contributed by atoms with Gasteiger partial charge in [0.1, 0.15) is 17.1 Å². The van der Waals surface area contributed by atoms with Crippen LogP contribution in [0.4, 0.5) is 0 Å². The number of hydrogen-bond acceptors (Lipinski definition) is 5. The van der Waals surface area contributed by atoms with Gasteiger partial charge >= 0.3 is 0 Å². The third kappa shape index (κ3) is 4.63. The van der Waals surface area contributed by atoms with Gasteiger partial charge in [0.2, 0.25) is 5.91 Å². The number of benzene rings is 1. The Kier molecular flexibility index (Phi) is 7.04. The number of carbonyl (C=O) groups excluding carboxylic acids is 1. The normalized spacial score (nSPS) is 18.4. The maximum atomic E-state index is 12.3. The molecule has 7 heteroatoms. The average Bonchev–Trinajstić information content (AvgIpc) is 2.92. The summed E-state index contributed by atoms with van der Waals surface area (Å²) in [6.45, 7) is 4.95.